The fourth-order valence-electron chi connectivity index (χ4n) is 7.92. The summed E-state index contributed by atoms with van der Waals surface area (Å²) in [7, 11) is 0. The van der Waals surface area contributed by atoms with Crippen molar-refractivity contribution in [2.24, 2.45) is 0 Å². The molecule has 3 aromatic heterocycles. The van der Waals surface area contributed by atoms with Gasteiger partial charge in [0.2, 0.25) is 0 Å². The fraction of sp³-hybridized carbons (Fsp3) is 0. The van der Waals surface area contributed by atoms with Gasteiger partial charge in [-0.1, -0.05) is 115 Å². The lowest BCUT2D eigenvalue weighted by atomic mass is 10.00. The molecule has 0 aliphatic heterocycles. The lowest BCUT2D eigenvalue weighted by Crippen LogP contribution is -1.97. The van der Waals surface area contributed by atoms with Crippen LogP contribution in [0.25, 0.3) is 105 Å². The number of benzene rings is 8. The van der Waals surface area contributed by atoms with Gasteiger partial charge in [-0.2, -0.15) is 0 Å². The molecule has 11 rings (SSSR count). The van der Waals surface area contributed by atoms with Gasteiger partial charge in [0.05, 0.1) is 27.8 Å². The van der Waals surface area contributed by atoms with Gasteiger partial charge in [0.15, 0.2) is 0 Å². The lowest BCUT2D eigenvalue weighted by molar-refractivity contribution is 0.670. The average Bonchev–Trinajstić information content (AvgIpc) is 3.74. The standard InChI is InChI=1S/C46H27N3O/c1-3-12-32-28(10-1)22-26-39-42(32)43-33-13-4-2-11-29(33)23-27-40(43)49(39)31-24-20-30(21-25-31)44-45(48-38-18-7-6-17-37(38)47-44)36-16-9-15-35-34-14-5-8-19-41(34)50-46(35)36/h1-27H. The Bertz CT molecular complexity index is 3060. The first-order valence-electron chi connectivity index (χ1n) is 16.9. The van der Waals surface area contributed by atoms with Crippen LogP contribution in [0.15, 0.2) is 168 Å². The summed E-state index contributed by atoms with van der Waals surface area (Å²) in [6.45, 7) is 0. The first-order chi connectivity index (χ1) is 24.8. The summed E-state index contributed by atoms with van der Waals surface area (Å²) in [5, 5.41) is 9.72. The van der Waals surface area contributed by atoms with Crippen molar-refractivity contribution in [3.05, 3.63) is 164 Å². The number of rotatable bonds is 3. The van der Waals surface area contributed by atoms with Crippen LogP contribution >= 0.6 is 0 Å². The van der Waals surface area contributed by atoms with Crippen LogP contribution in [0.5, 0.6) is 0 Å². The smallest absolute Gasteiger partial charge is 0.144 e. The quantitative estimate of drug-likeness (QED) is 0.194. The second kappa shape index (κ2) is 10.4. The summed E-state index contributed by atoms with van der Waals surface area (Å²) in [4.78, 5) is 10.5. The second-order valence-electron chi connectivity index (χ2n) is 12.9. The van der Waals surface area contributed by atoms with E-state index < -0.39 is 0 Å². The van der Waals surface area contributed by atoms with Gasteiger partial charge >= 0.3 is 0 Å². The van der Waals surface area contributed by atoms with Crippen molar-refractivity contribution in [2.75, 3.05) is 0 Å². The topological polar surface area (TPSA) is 43.9 Å². The Kier molecular flexibility index (Phi) is 5.63. The largest absolute Gasteiger partial charge is 0.455 e. The third-order valence-corrected chi connectivity index (χ3v) is 10.2. The minimum atomic E-state index is 0.802. The predicted molar refractivity (Wildman–Crippen MR) is 207 cm³/mol. The molecule has 0 unspecified atom stereocenters. The molecule has 0 spiro atoms. The summed E-state index contributed by atoms with van der Waals surface area (Å²) in [6.07, 6.45) is 0. The highest BCUT2D eigenvalue weighted by atomic mass is 16.3. The van der Waals surface area contributed by atoms with Crippen molar-refractivity contribution < 1.29 is 4.42 Å². The maximum absolute atomic E-state index is 6.48. The summed E-state index contributed by atoms with van der Waals surface area (Å²) < 4.78 is 8.88. The van der Waals surface area contributed by atoms with Crippen LogP contribution in [0.1, 0.15) is 0 Å². The van der Waals surface area contributed by atoms with Gasteiger partial charge in [-0.05, 0) is 70.1 Å². The molecule has 4 heteroatoms. The summed E-state index contributed by atoms with van der Waals surface area (Å²) in [6, 6.07) is 57.7. The molecule has 0 bridgehead atoms. The third-order valence-electron chi connectivity index (χ3n) is 10.2. The Labute approximate surface area is 286 Å². The highest BCUT2D eigenvalue weighted by Gasteiger charge is 2.20. The van der Waals surface area contributed by atoms with Crippen molar-refractivity contribution in [1.82, 2.24) is 14.5 Å². The molecule has 50 heavy (non-hydrogen) atoms. The first kappa shape index (κ1) is 27.2. The number of hydrogen-bond donors (Lipinski definition) is 0. The van der Waals surface area contributed by atoms with Crippen LogP contribution < -0.4 is 0 Å². The van der Waals surface area contributed by atoms with Crippen LogP contribution in [0, 0.1) is 0 Å². The number of hydrogen-bond acceptors (Lipinski definition) is 3. The molecule has 0 aliphatic rings. The molecule has 0 atom stereocenters. The summed E-state index contributed by atoms with van der Waals surface area (Å²) in [5.74, 6) is 0. The van der Waals surface area contributed by atoms with Gasteiger partial charge in [0.25, 0.3) is 0 Å². The Morgan fingerprint density at radius 1 is 0.420 bits per heavy atom. The van der Waals surface area contributed by atoms with Crippen molar-refractivity contribution in [2.45, 2.75) is 0 Å². The molecular weight excluding hydrogens is 611 g/mol. The van der Waals surface area contributed by atoms with Gasteiger partial charge < -0.3 is 8.98 Å². The monoisotopic (exact) mass is 637 g/mol. The highest BCUT2D eigenvalue weighted by Crippen LogP contribution is 2.42. The first-order valence-corrected chi connectivity index (χ1v) is 16.9. The molecule has 11 aromatic rings. The van der Waals surface area contributed by atoms with Crippen molar-refractivity contribution in [1.29, 1.82) is 0 Å². The van der Waals surface area contributed by atoms with E-state index in [-0.39, 0.29) is 0 Å². The summed E-state index contributed by atoms with van der Waals surface area (Å²) in [5.41, 5.74) is 10.4. The van der Waals surface area contributed by atoms with Crippen LogP contribution in [-0.4, -0.2) is 14.5 Å². The average molecular weight is 638 g/mol. The molecule has 0 aliphatic carbocycles. The zero-order valence-electron chi connectivity index (χ0n) is 26.8. The van der Waals surface area contributed by atoms with Crippen molar-refractivity contribution in [3.8, 4) is 28.2 Å². The molecule has 232 valence electrons. The molecule has 4 nitrogen and oxygen atoms in total. The minimum Gasteiger partial charge on any atom is -0.455 e. The molecular formula is C46H27N3O. The zero-order valence-corrected chi connectivity index (χ0v) is 26.8. The number of para-hydroxylation sites is 4. The second-order valence-corrected chi connectivity index (χ2v) is 12.9. The molecule has 0 radical (unpaired) electrons. The van der Waals surface area contributed by atoms with E-state index in [1.807, 2.05) is 36.4 Å². The van der Waals surface area contributed by atoms with E-state index in [4.69, 9.17) is 14.4 Å². The Morgan fingerprint density at radius 2 is 0.980 bits per heavy atom. The van der Waals surface area contributed by atoms with Gasteiger partial charge in [-0.15, -0.1) is 0 Å². The van der Waals surface area contributed by atoms with Crippen LogP contribution in [0.3, 0.4) is 0 Å². The molecule has 0 amide bonds. The van der Waals surface area contributed by atoms with Crippen LogP contribution in [-0.2, 0) is 0 Å². The molecule has 8 aromatic carbocycles. The van der Waals surface area contributed by atoms with Crippen molar-refractivity contribution in [3.63, 3.8) is 0 Å². The Hall–Kier alpha value is -6.78. The number of fused-ring (bicyclic) bond motifs is 11. The molecule has 0 saturated heterocycles. The molecule has 0 saturated carbocycles. The Morgan fingerprint density at radius 3 is 1.66 bits per heavy atom. The SMILES string of the molecule is c1ccc2c(c1)ccc1c2c2c3ccccc3ccc2n1-c1ccc(-c2nc3ccccc3nc2-c2cccc3c2oc2ccccc23)cc1. The molecule has 0 N–H and O–H groups in total. The van der Waals surface area contributed by atoms with E-state index in [9.17, 15) is 0 Å². The highest BCUT2D eigenvalue weighted by molar-refractivity contribution is 6.28. The normalized spacial score (nSPS) is 12.0. The van der Waals surface area contributed by atoms with Crippen LogP contribution in [0.4, 0.5) is 0 Å². The zero-order chi connectivity index (χ0) is 32.8. The van der Waals surface area contributed by atoms with Gasteiger partial charge in [0.1, 0.15) is 16.9 Å². The third kappa shape index (κ3) is 3.87. The van der Waals surface area contributed by atoms with Gasteiger partial charge in [-0.3, -0.25) is 0 Å². The van der Waals surface area contributed by atoms with E-state index in [0.29, 0.717) is 0 Å². The summed E-state index contributed by atoms with van der Waals surface area (Å²) >= 11 is 0. The molecule has 0 fully saturated rings. The van der Waals surface area contributed by atoms with E-state index >= 15 is 0 Å². The van der Waals surface area contributed by atoms with E-state index in [2.05, 4.69) is 132 Å². The maximum Gasteiger partial charge on any atom is 0.144 e. The number of aromatic nitrogens is 3. The van der Waals surface area contributed by atoms with Gasteiger partial charge in [-0.25, -0.2) is 9.97 Å². The lowest BCUT2D eigenvalue weighted by Gasteiger charge is -2.13. The molecule has 3 heterocycles. The maximum atomic E-state index is 6.48. The Balaban J connectivity index is 1.15. The minimum absolute atomic E-state index is 0.802. The number of nitrogens with zero attached hydrogens (tertiary/aromatic N) is 3. The van der Waals surface area contributed by atoms with E-state index in [1.165, 1.54) is 43.4 Å². The number of furan rings is 1. The fourth-order valence-corrected chi connectivity index (χ4v) is 7.92. The van der Waals surface area contributed by atoms with Gasteiger partial charge in [0, 0.05) is 38.4 Å². The predicted octanol–water partition coefficient (Wildman–Crippen LogP) is 12.3. The van der Waals surface area contributed by atoms with E-state index in [1.54, 1.807) is 0 Å². The van der Waals surface area contributed by atoms with Crippen LogP contribution in [0.2, 0.25) is 0 Å². The van der Waals surface area contributed by atoms with Crippen molar-refractivity contribution >= 4 is 76.3 Å². The van der Waals surface area contributed by atoms with E-state index in [0.717, 1.165) is 61.2 Å².